The first-order chi connectivity index (χ1) is 15.3. The Hall–Kier alpha value is -2.30. The summed E-state index contributed by atoms with van der Waals surface area (Å²) in [5.41, 5.74) is 7.70. The summed E-state index contributed by atoms with van der Waals surface area (Å²) in [7, 11) is 1.57. The Morgan fingerprint density at radius 1 is 1.12 bits per heavy atom. The minimum atomic E-state index is -0.348. The maximum absolute atomic E-state index is 12.6. The van der Waals surface area contributed by atoms with Gasteiger partial charge in [0.25, 0.3) is 0 Å². The third-order valence-corrected chi connectivity index (χ3v) is 9.74. The zero-order valence-corrected chi connectivity index (χ0v) is 19.5. The van der Waals surface area contributed by atoms with Crippen LogP contribution in [0, 0.1) is 34.5 Å². The van der Waals surface area contributed by atoms with Crippen molar-refractivity contribution in [2.75, 3.05) is 7.11 Å². The fourth-order valence-corrected chi connectivity index (χ4v) is 8.27. The Labute approximate surface area is 191 Å². The molecular weight excluding hydrogens is 400 g/mol. The summed E-state index contributed by atoms with van der Waals surface area (Å²) in [5, 5.41) is 3.39. The van der Waals surface area contributed by atoms with Crippen molar-refractivity contribution in [3.8, 4) is 5.75 Å². The molecule has 0 aromatic heterocycles. The molecule has 32 heavy (non-hydrogen) atoms. The van der Waals surface area contributed by atoms with Gasteiger partial charge >= 0.3 is 0 Å². The minimum Gasteiger partial charge on any atom is -0.496 e. The molecule has 5 nitrogen and oxygen atoms in total. The molecule has 1 aromatic rings. The number of hydrogen-bond donors (Lipinski definition) is 2. The van der Waals surface area contributed by atoms with Gasteiger partial charge in [0.05, 0.1) is 13.5 Å². The first-order valence-corrected chi connectivity index (χ1v) is 12.2. The first-order valence-electron chi connectivity index (χ1n) is 12.2. The molecular formula is C27H36N2O3. The first kappa shape index (κ1) is 21.5. The molecule has 5 heteroatoms. The van der Waals surface area contributed by atoms with Crippen molar-refractivity contribution in [1.29, 1.82) is 0 Å². The van der Waals surface area contributed by atoms with Crippen LogP contribution in [0.1, 0.15) is 57.9 Å². The van der Waals surface area contributed by atoms with Gasteiger partial charge in [-0.3, -0.25) is 9.59 Å². The lowest BCUT2D eigenvalue weighted by molar-refractivity contribution is -0.129. The second-order valence-electron chi connectivity index (χ2n) is 11.1. The van der Waals surface area contributed by atoms with Crippen LogP contribution in [0.3, 0.4) is 0 Å². The summed E-state index contributed by atoms with van der Waals surface area (Å²) in [6.45, 7) is 4.95. The molecule has 2 amide bonds. The Kier molecular flexibility index (Phi) is 5.14. The number of carbonyl (C=O) groups excluding carboxylic acids is 2. The molecule has 2 unspecified atom stereocenters. The highest BCUT2D eigenvalue weighted by Crippen LogP contribution is 2.68. The van der Waals surface area contributed by atoms with Crippen molar-refractivity contribution < 1.29 is 14.3 Å². The Morgan fingerprint density at radius 3 is 2.66 bits per heavy atom. The lowest BCUT2D eigenvalue weighted by Gasteiger charge is -2.62. The molecule has 1 aliphatic heterocycles. The number of para-hydroxylation sites is 1. The molecule has 0 radical (unpaired) electrons. The largest absolute Gasteiger partial charge is 0.496 e. The normalized spacial score (nSPS) is 40.4. The molecule has 1 aromatic carbocycles. The van der Waals surface area contributed by atoms with E-state index in [-0.39, 0.29) is 23.7 Å². The number of methoxy groups -OCH3 is 1. The number of benzene rings is 1. The van der Waals surface area contributed by atoms with E-state index in [0.29, 0.717) is 23.1 Å². The Balaban J connectivity index is 0.000000156. The summed E-state index contributed by atoms with van der Waals surface area (Å²) >= 11 is 0. The topological polar surface area (TPSA) is 81.4 Å². The molecule has 1 heterocycles. The van der Waals surface area contributed by atoms with Crippen LogP contribution >= 0.6 is 0 Å². The second-order valence-corrected chi connectivity index (χ2v) is 11.1. The van der Waals surface area contributed by atoms with Crippen molar-refractivity contribution in [2.24, 2.45) is 40.2 Å². The molecule has 3 fully saturated rings. The number of nitrogens with one attached hydrogen (secondary N) is 1. The van der Waals surface area contributed by atoms with Crippen molar-refractivity contribution >= 4 is 11.8 Å². The van der Waals surface area contributed by atoms with Gasteiger partial charge in [-0.15, -0.1) is 0 Å². The number of ether oxygens (including phenoxy) is 1. The third-order valence-electron chi connectivity index (χ3n) is 9.74. The van der Waals surface area contributed by atoms with Gasteiger partial charge in [-0.2, -0.15) is 0 Å². The quantitative estimate of drug-likeness (QED) is 0.751. The summed E-state index contributed by atoms with van der Waals surface area (Å²) in [5.74, 6) is 3.79. The Morgan fingerprint density at radius 2 is 1.91 bits per heavy atom. The van der Waals surface area contributed by atoms with Gasteiger partial charge in [0.2, 0.25) is 11.8 Å². The number of amides is 2. The van der Waals surface area contributed by atoms with Gasteiger partial charge in [0.15, 0.2) is 0 Å². The van der Waals surface area contributed by atoms with Crippen LogP contribution in [0.25, 0.3) is 0 Å². The van der Waals surface area contributed by atoms with Crippen LogP contribution in [-0.2, 0) is 16.0 Å². The summed E-state index contributed by atoms with van der Waals surface area (Å²) in [6.07, 6.45) is 10.6. The monoisotopic (exact) mass is 436 g/mol. The lowest BCUT2D eigenvalue weighted by Crippen LogP contribution is -2.62. The number of fused-ring (bicyclic) bond motifs is 1. The van der Waals surface area contributed by atoms with E-state index in [4.69, 9.17) is 10.5 Å². The van der Waals surface area contributed by atoms with Crippen molar-refractivity contribution in [3.63, 3.8) is 0 Å². The number of primary amides is 1. The fourth-order valence-electron chi connectivity index (χ4n) is 8.27. The van der Waals surface area contributed by atoms with Crippen LogP contribution < -0.4 is 15.8 Å². The van der Waals surface area contributed by atoms with E-state index in [9.17, 15) is 9.59 Å². The van der Waals surface area contributed by atoms with E-state index < -0.39 is 0 Å². The predicted molar refractivity (Wildman–Crippen MR) is 124 cm³/mol. The molecule has 3 saturated carbocycles. The van der Waals surface area contributed by atoms with Crippen LogP contribution in [0.5, 0.6) is 5.75 Å². The van der Waals surface area contributed by atoms with Crippen LogP contribution in [0.4, 0.5) is 0 Å². The van der Waals surface area contributed by atoms with Gasteiger partial charge in [-0.1, -0.05) is 38.1 Å². The molecule has 7 bridgehead atoms. The van der Waals surface area contributed by atoms with Gasteiger partial charge in [0.1, 0.15) is 5.75 Å². The van der Waals surface area contributed by atoms with E-state index >= 15 is 0 Å². The minimum absolute atomic E-state index is 0.226. The summed E-state index contributed by atoms with van der Waals surface area (Å²) in [4.78, 5) is 23.2. The summed E-state index contributed by atoms with van der Waals surface area (Å²) < 4.78 is 5.04. The molecule has 7 atom stereocenters. The average molecular weight is 437 g/mol. The van der Waals surface area contributed by atoms with Crippen LogP contribution in [0.15, 0.2) is 35.9 Å². The second kappa shape index (κ2) is 7.64. The number of nitrogens with two attached hydrogens (primary N) is 1. The number of hydrogen-bond acceptors (Lipinski definition) is 3. The van der Waals surface area contributed by atoms with Crippen molar-refractivity contribution in [2.45, 2.75) is 64.8 Å². The van der Waals surface area contributed by atoms with E-state index in [2.05, 4.69) is 25.2 Å². The highest BCUT2D eigenvalue weighted by molar-refractivity contribution is 5.95. The van der Waals surface area contributed by atoms with E-state index in [1.807, 2.05) is 18.2 Å². The van der Waals surface area contributed by atoms with Crippen LogP contribution in [0.2, 0.25) is 0 Å². The van der Waals surface area contributed by atoms with Gasteiger partial charge in [0, 0.05) is 22.6 Å². The maximum atomic E-state index is 12.6. The Bertz CT molecular complexity index is 971. The molecule has 3 N–H and O–H groups in total. The van der Waals surface area contributed by atoms with Crippen LogP contribution in [-0.4, -0.2) is 25.0 Å². The summed E-state index contributed by atoms with van der Waals surface area (Å²) in [6, 6.07) is 7.73. The number of rotatable bonds is 3. The molecule has 172 valence electrons. The third kappa shape index (κ3) is 3.11. The fraction of sp³-hybridized carbons (Fsp3) is 0.630. The van der Waals surface area contributed by atoms with Gasteiger partial charge in [-0.25, -0.2) is 0 Å². The van der Waals surface area contributed by atoms with Gasteiger partial charge in [-0.05, 0) is 73.7 Å². The highest BCUT2D eigenvalue weighted by atomic mass is 16.5. The molecule has 0 spiro atoms. The predicted octanol–water partition coefficient (Wildman–Crippen LogP) is 4.01. The standard InChI is InChI=1S/C18H25NO.C9H11NO2/c1-17-8-7-14-10-3-6-15-18(14,2)9-11(16(20)19-15)13(17)5-4-12(10)17;1-12-8-5-3-2-4-7(8)6-9(10)11/h9-10,12-15H,3-8H2,1-2H3,(H,19,20);2-5H,6H2,1H3,(H2,10,11)/t10-,12-,13?,14+,15?,17-,18+;/m0./s1. The van der Waals surface area contributed by atoms with E-state index in [1.165, 1.54) is 44.1 Å². The maximum Gasteiger partial charge on any atom is 0.247 e. The van der Waals surface area contributed by atoms with E-state index in [0.717, 1.165) is 23.3 Å². The molecule has 0 saturated heterocycles. The average Bonchev–Trinajstić information content (AvgIpc) is 3.10. The van der Waals surface area contributed by atoms with E-state index in [1.54, 1.807) is 13.2 Å². The number of carbonyl (C=O) groups is 2. The smallest absolute Gasteiger partial charge is 0.247 e. The molecule has 7 rings (SSSR count). The molecule has 5 aliphatic carbocycles. The SMILES string of the molecule is COc1ccccc1CC(N)=O.C[C@]12C=C3C(=O)NC1CC[C@@H]1[C@H]2CC[C@]2(C)C3CC[C@@H]12. The highest BCUT2D eigenvalue weighted by Gasteiger charge is 2.63. The van der Waals surface area contributed by atoms with Gasteiger partial charge < -0.3 is 15.8 Å². The molecule has 6 aliphatic rings. The zero-order chi connectivity index (χ0) is 22.7. The van der Waals surface area contributed by atoms with Crippen molar-refractivity contribution in [1.82, 2.24) is 5.32 Å². The lowest BCUT2D eigenvalue weighted by atomic mass is 9.45. The van der Waals surface area contributed by atoms with Crippen molar-refractivity contribution in [3.05, 3.63) is 41.5 Å². The zero-order valence-electron chi connectivity index (χ0n) is 19.5.